The fourth-order valence-corrected chi connectivity index (χ4v) is 1.82. The highest BCUT2D eigenvalue weighted by atomic mass is 79.9. The minimum Gasteiger partial charge on any atom is -0.307 e. The molecule has 0 amide bonds. The molecule has 0 aromatic rings. The summed E-state index contributed by atoms with van der Waals surface area (Å²) < 4.78 is 2.36. The molecule has 0 aromatic heterocycles. The van der Waals surface area contributed by atoms with Gasteiger partial charge in [-0.05, 0) is 0 Å². The van der Waals surface area contributed by atoms with Gasteiger partial charge < -0.3 is 12.9 Å². The van der Waals surface area contributed by atoms with Crippen molar-refractivity contribution in [3.05, 3.63) is 4.55 Å². The molecule has 0 heterocycles. The van der Waals surface area contributed by atoms with E-state index >= 15 is 0 Å². The third kappa shape index (κ3) is 5.25. The van der Waals surface area contributed by atoms with Crippen molar-refractivity contribution in [1.82, 2.24) is 0 Å². The number of rotatable bonds is 3. The van der Waals surface area contributed by atoms with E-state index in [4.69, 9.17) is 0 Å². The first-order valence-corrected chi connectivity index (χ1v) is 7.01. The lowest BCUT2D eigenvalue weighted by molar-refractivity contribution is 0.941. The van der Waals surface area contributed by atoms with Crippen molar-refractivity contribution in [3.8, 4) is 0 Å². The number of halogens is 1. The molecule has 0 rings (SSSR count). The van der Waals surface area contributed by atoms with Gasteiger partial charge in [-0.25, -0.2) is 0 Å². The predicted octanol–water partition coefficient (Wildman–Crippen LogP) is 1.96. The minimum atomic E-state index is 0.0905. The van der Waals surface area contributed by atoms with Gasteiger partial charge in [-0.1, -0.05) is 19.8 Å². The van der Waals surface area contributed by atoms with Crippen molar-refractivity contribution in [2.75, 3.05) is 0 Å². The highest BCUT2D eigenvalue weighted by Crippen LogP contribution is 1.91. The van der Waals surface area contributed by atoms with Crippen LogP contribution in [0.15, 0.2) is 0 Å². The third-order valence-corrected chi connectivity index (χ3v) is 2.60. The third-order valence-electron chi connectivity index (χ3n) is 0.602. The average Bonchev–Trinajstić information content (AvgIpc) is 1.61. The van der Waals surface area contributed by atoms with Gasteiger partial charge in [0, 0.05) is 0 Å². The summed E-state index contributed by atoms with van der Waals surface area (Å²) in [7, 11) is 0. The Morgan fingerprint density at radius 3 is 2.67 bits per heavy atom. The molecule has 33 valence electrons. The van der Waals surface area contributed by atoms with Crippen LogP contribution in [0.5, 0.6) is 0 Å². The summed E-state index contributed by atoms with van der Waals surface area (Å²) in [6.07, 6.45) is 2.61. The second-order valence-corrected chi connectivity index (χ2v) is 4.06. The topological polar surface area (TPSA) is 0 Å². The molecule has 0 N–H and O–H groups in total. The summed E-state index contributed by atoms with van der Waals surface area (Å²) >= 11 is 3.52. The highest BCUT2D eigenvalue weighted by Gasteiger charge is 1.84. The quantitative estimate of drug-likeness (QED) is 0.437. The Bertz CT molecular complexity index is 19.5. The summed E-state index contributed by atoms with van der Waals surface area (Å²) in [5, 5.41) is 0. The van der Waals surface area contributed by atoms with E-state index < -0.39 is 0 Å². The van der Waals surface area contributed by atoms with Crippen LogP contribution < -0.4 is 0 Å². The van der Waals surface area contributed by atoms with Crippen molar-refractivity contribution in [2.45, 2.75) is 19.8 Å². The van der Waals surface area contributed by atoms with Crippen LogP contribution in [0.2, 0.25) is 0 Å². The van der Waals surface area contributed by atoms with Crippen molar-refractivity contribution < 1.29 is 0 Å². The van der Waals surface area contributed by atoms with Gasteiger partial charge in [0.2, 0.25) is 0 Å². The maximum Gasteiger partial charge on any atom is 0.469 e. The first kappa shape index (κ1) is 7.25. The van der Waals surface area contributed by atoms with Crippen LogP contribution in [0.25, 0.3) is 0 Å². The van der Waals surface area contributed by atoms with Crippen LogP contribution in [0.4, 0.5) is 0 Å². The summed E-state index contributed by atoms with van der Waals surface area (Å²) in [4.78, 5) is 0. The zero-order chi connectivity index (χ0) is 4.83. The van der Waals surface area contributed by atoms with Crippen molar-refractivity contribution >= 4 is 31.1 Å². The van der Waals surface area contributed by atoms with E-state index in [1.807, 2.05) is 0 Å². The van der Waals surface area contributed by atoms with Gasteiger partial charge >= 0.3 is 18.2 Å². The highest BCUT2D eigenvalue weighted by molar-refractivity contribution is 9.23. The van der Waals surface area contributed by atoms with Gasteiger partial charge in [-0.2, -0.15) is 0 Å². The van der Waals surface area contributed by atoms with Crippen LogP contribution in [0.1, 0.15) is 19.8 Å². The Labute approximate surface area is 55.3 Å². The van der Waals surface area contributed by atoms with Gasteiger partial charge in [0.15, 0.2) is 0 Å². The second-order valence-electron chi connectivity index (χ2n) is 1.23. The van der Waals surface area contributed by atoms with Crippen molar-refractivity contribution in [3.63, 3.8) is 0 Å². The molecule has 6 heavy (non-hydrogen) atoms. The zero-order valence-corrected chi connectivity index (χ0v) is 7.08. The molecule has 0 atom stereocenters. The van der Waals surface area contributed by atoms with E-state index in [1.54, 1.807) is 0 Å². The average molecular weight is 160 g/mol. The summed E-state index contributed by atoms with van der Waals surface area (Å²) in [6, 6.07) is 0. The van der Waals surface area contributed by atoms with E-state index in [-0.39, 0.29) is 18.2 Å². The maximum atomic E-state index is 3.43. The first-order chi connectivity index (χ1) is 2.91. The molecule has 0 unspecified atom stereocenters. The van der Waals surface area contributed by atoms with Crippen molar-refractivity contribution in [1.29, 1.82) is 0 Å². The Hall–Kier alpha value is 1.25. The largest absolute Gasteiger partial charge is 0.469 e. The van der Waals surface area contributed by atoms with Gasteiger partial charge in [-0.15, -0.1) is 4.55 Å². The molecule has 0 saturated carbocycles. The number of hydrogen-bond donors (Lipinski definition) is 0. The number of unbranched alkanes of at least 4 members (excludes halogenated alkanes) is 1. The molecule has 2 heteroatoms. The molecule has 0 aliphatic heterocycles. The Balaban J connectivity index is 2.34. The van der Waals surface area contributed by atoms with Gasteiger partial charge in [-0.3, -0.25) is 0 Å². The molecule has 0 nitrogen and oxygen atoms in total. The molecular weight excluding hydrogens is 152 g/mol. The Kier molecular flexibility index (Phi) is 7.54. The van der Waals surface area contributed by atoms with Gasteiger partial charge in [0.05, 0.1) is 0 Å². The normalized spacial score (nSPS) is 7.67. The standard InChI is InChI=1S/C4H8.BrH.Mg/c1-3-4-2;;/h1H,3-4H2,2H3;1H;/q;;+1/p-1. The predicted molar refractivity (Wildman–Crippen MR) is 33.9 cm³/mol. The SMILES string of the molecule is CCC[CH][Mg][Br]. The molecule has 1 radical (unpaired) electrons. The molecule has 0 fully saturated rings. The molecule has 0 aliphatic carbocycles. The van der Waals surface area contributed by atoms with E-state index in [2.05, 4.69) is 24.4 Å². The van der Waals surface area contributed by atoms with Crippen LogP contribution in [0, 0.1) is 4.55 Å². The van der Waals surface area contributed by atoms with E-state index in [1.165, 1.54) is 12.8 Å². The smallest absolute Gasteiger partial charge is 0.307 e. The summed E-state index contributed by atoms with van der Waals surface area (Å²) in [5.41, 5.74) is 0. The molecule has 0 aliphatic rings. The fourth-order valence-electron chi connectivity index (χ4n) is 0.281. The first-order valence-electron chi connectivity index (χ1n) is 2.29. The van der Waals surface area contributed by atoms with E-state index in [0.29, 0.717) is 0 Å². The van der Waals surface area contributed by atoms with Gasteiger partial charge in [0.25, 0.3) is 0 Å². The lowest BCUT2D eigenvalue weighted by atomic mass is 10.4. The molecule has 0 aromatic carbocycles. The lowest BCUT2D eigenvalue weighted by Gasteiger charge is -1.83. The molecule has 0 bridgehead atoms. The molecule has 0 saturated heterocycles. The van der Waals surface area contributed by atoms with E-state index in [9.17, 15) is 0 Å². The molecular formula is C4H8BrMg. The van der Waals surface area contributed by atoms with Crippen LogP contribution in [-0.4, -0.2) is 18.2 Å². The fraction of sp³-hybridized carbons (Fsp3) is 0.750. The monoisotopic (exact) mass is 159 g/mol. The number of hydrogen-bond acceptors (Lipinski definition) is 0. The Morgan fingerprint density at radius 2 is 2.50 bits per heavy atom. The van der Waals surface area contributed by atoms with Crippen LogP contribution >= 0.6 is 12.9 Å². The lowest BCUT2D eigenvalue weighted by Crippen LogP contribution is -1.76. The summed E-state index contributed by atoms with van der Waals surface area (Å²) in [5.74, 6) is 0. The minimum absolute atomic E-state index is 0.0905. The van der Waals surface area contributed by atoms with E-state index in [0.717, 1.165) is 0 Å². The molecule has 0 spiro atoms. The second kappa shape index (κ2) is 6.25. The van der Waals surface area contributed by atoms with Crippen LogP contribution in [-0.2, 0) is 0 Å². The summed E-state index contributed by atoms with van der Waals surface area (Å²) in [6.45, 7) is 2.20. The zero-order valence-electron chi connectivity index (χ0n) is 4.08. The Morgan fingerprint density at radius 1 is 1.83 bits per heavy atom. The van der Waals surface area contributed by atoms with Crippen LogP contribution in [0.3, 0.4) is 0 Å². The maximum absolute atomic E-state index is 3.43. The van der Waals surface area contributed by atoms with Crippen molar-refractivity contribution in [2.24, 2.45) is 0 Å². The van der Waals surface area contributed by atoms with Gasteiger partial charge in [0.1, 0.15) is 0 Å².